The SMILES string of the molecule is CCn1c(S[C@H]2CCOC2=O)nc2scc(-c3ccccc3)c2c1=O. The molecule has 1 aliphatic rings. The van der Waals surface area contributed by atoms with Gasteiger partial charge in [0.1, 0.15) is 10.1 Å². The number of hydrogen-bond acceptors (Lipinski definition) is 6. The lowest BCUT2D eigenvalue weighted by Crippen LogP contribution is -2.23. The monoisotopic (exact) mass is 372 g/mol. The molecule has 0 amide bonds. The smallest absolute Gasteiger partial charge is 0.319 e. The molecule has 1 atom stereocenters. The highest BCUT2D eigenvalue weighted by molar-refractivity contribution is 8.00. The van der Waals surface area contributed by atoms with Crippen LogP contribution in [-0.2, 0) is 16.1 Å². The molecule has 0 radical (unpaired) electrons. The molecule has 7 heteroatoms. The maximum absolute atomic E-state index is 13.1. The van der Waals surface area contributed by atoms with Crippen LogP contribution in [0.5, 0.6) is 0 Å². The van der Waals surface area contributed by atoms with Gasteiger partial charge in [0.15, 0.2) is 5.16 Å². The van der Waals surface area contributed by atoms with Crippen LogP contribution in [0.2, 0.25) is 0 Å². The number of cyclic esters (lactones) is 1. The van der Waals surface area contributed by atoms with Gasteiger partial charge in [-0.05, 0) is 12.5 Å². The molecule has 0 saturated carbocycles. The van der Waals surface area contributed by atoms with Crippen LogP contribution in [0.1, 0.15) is 13.3 Å². The van der Waals surface area contributed by atoms with Crippen molar-refractivity contribution in [2.75, 3.05) is 6.61 Å². The summed E-state index contributed by atoms with van der Waals surface area (Å²) in [6.07, 6.45) is 0.654. The van der Waals surface area contributed by atoms with Crippen molar-refractivity contribution in [2.24, 2.45) is 0 Å². The van der Waals surface area contributed by atoms with Crippen molar-refractivity contribution in [2.45, 2.75) is 30.3 Å². The van der Waals surface area contributed by atoms with E-state index >= 15 is 0 Å². The minimum Gasteiger partial charge on any atom is -0.465 e. The molecule has 2 aromatic heterocycles. The van der Waals surface area contributed by atoms with Gasteiger partial charge in [-0.2, -0.15) is 0 Å². The van der Waals surface area contributed by atoms with Crippen molar-refractivity contribution in [3.8, 4) is 11.1 Å². The number of carbonyl (C=O) groups excluding carboxylic acids is 1. The number of esters is 1. The van der Waals surface area contributed by atoms with Crippen molar-refractivity contribution in [3.63, 3.8) is 0 Å². The Balaban J connectivity index is 1.85. The molecule has 5 nitrogen and oxygen atoms in total. The third-order valence-corrected chi connectivity index (χ3v) is 6.30. The Morgan fingerprint density at radius 2 is 2.12 bits per heavy atom. The summed E-state index contributed by atoms with van der Waals surface area (Å²) in [6.45, 7) is 2.86. The van der Waals surface area contributed by atoms with Crippen LogP contribution in [0, 0.1) is 0 Å². The fourth-order valence-electron chi connectivity index (χ4n) is 2.92. The molecule has 0 unspecified atom stereocenters. The topological polar surface area (TPSA) is 61.2 Å². The molecule has 0 aliphatic carbocycles. The lowest BCUT2D eigenvalue weighted by Gasteiger charge is -2.12. The second kappa shape index (κ2) is 6.65. The minimum absolute atomic E-state index is 0.0542. The van der Waals surface area contributed by atoms with E-state index < -0.39 is 0 Å². The first-order chi connectivity index (χ1) is 12.2. The molecule has 3 aromatic rings. The van der Waals surface area contributed by atoms with Gasteiger partial charge in [0, 0.05) is 23.9 Å². The highest BCUT2D eigenvalue weighted by Gasteiger charge is 2.29. The van der Waals surface area contributed by atoms with Crippen LogP contribution in [0.15, 0.2) is 45.7 Å². The van der Waals surface area contributed by atoms with Crippen LogP contribution in [0.4, 0.5) is 0 Å². The van der Waals surface area contributed by atoms with Crippen LogP contribution >= 0.6 is 23.1 Å². The first-order valence-corrected chi connectivity index (χ1v) is 9.85. The van der Waals surface area contributed by atoms with E-state index in [0.29, 0.717) is 34.9 Å². The second-order valence-corrected chi connectivity index (χ2v) is 7.73. The van der Waals surface area contributed by atoms with Crippen molar-refractivity contribution in [3.05, 3.63) is 46.1 Å². The number of ether oxygens (including phenoxy) is 1. The number of benzene rings is 1. The predicted octanol–water partition coefficient (Wildman–Crippen LogP) is 3.55. The van der Waals surface area contributed by atoms with E-state index in [2.05, 4.69) is 4.98 Å². The summed E-state index contributed by atoms with van der Waals surface area (Å²) in [5, 5.41) is 2.93. The summed E-state index contributed by atoms with van der Waals surface area (Å²) in [5.74, 6) is -0.224. The van der Waals surface area contributed by atoms with Gasteiger partial charge in [-0.15, -0.1) is 11.3 Å². The van der Waals surface area contributed by atoms with E-state index in [1.165, 1.54) is 23.1 Å². The lowest BCUT2D eigenvalue weighted by atomic mass is 10.1. The number of nitrogens with zero attached hydrogens (tertiary/aromatic N) is 2. The van der Waals surface area contributed by atoms with Gasteiger partial charge in [0.25, 0.3) is 5.56 Å². The Kier molecular flexibility index (Phi) is 4.35. The third kappa shape index (κ3) is 2.87. The molecule has 1 saturated heterocycles. The minimum atomic E-state index is -0.282. The molecule has 1 aliphatic heterocycles. The van der Waals surface area contributed by atoms with Crippen molar-refractivity contribution in [1.29, 1.82) is 0 Å². The molecule has 1 aromatic carbocycles. The van der Waals surface area contributed by atoms with Gasteiger partial charge in [0.05, 0.1) is 12.0 Å². The summed E-state index contributed by atoms with van der Waals surface area (Å²) < 4.78 is 6.67. The van der Waals surface area contributed by atoms with Crippen LogP contribution < -0.4 is 5.56 Å². The number of carbonyl (C=O) groups is 1. The van der Waals surface area contributed by atoms with Crippen LogP contribution in [-0.4, -0.2) is 27.4 Å². The maximum atomic E-state index is 13.1. The molecule has 0 N–H and O–H groups in total. The molecular weight excluding hydrogens is 356 g/mol. The average molecular weight is 372 g/mol. The zero-order valence-corrected chi connectivity index (χ0v) is 15.2. The van der Waals surface area contributed by atoms with Crippen molar-refractivity contribution >= 4 is 39.3 Å². The molecule has 1 fully saturated rings. The Morgan fingerprint density at radius 3 is 2.80 bits per heavy atom. The van der Waals surface area contributed by atoms with Crippen molar-refractivity contribution < 1.29 is 9.53 Å². The normalized spacial score (nSPS) is 17.2. The third-order valence-electron chi connectivity index (χ3n) is 4.19. The van der Waals surface area contributed by atoms with Crippen molar-refractivity contribution in [1.82, 2.24) is 9.55 Å². The molecule has 0 bridgehead atoms. The fraction of sp³-hybridized carbons (Fsp3) is 0.278. The summed E-state index contributed by atoms with van der Waals surface area (Å²) in [5.41, 5.74) is 1.87. The van der Waals surface area contributed by atoms with E-state index in [0.717, 1.165) is 11.1 Å². The predicted molar refractivity (Wildman–Crippen MR) is 100 cm³/mol. The van der Waals surface area contributed by atoms with E-state index in [4.69, 9.17) is 4.74 Å². The van der Waals surface area contributed by atoms with Gasteiger partial charge in [-0.1, -0.05) is 42.1 Å². The van der Waals surface area contributed by atoms with E-state index in [-0.39, 0.29) is 16.8 Å². The number of rotatable bonds is 4. The number of thiophene rings is 1. The Bertz CT molecular complexity index is 995. The zero-order valence-electron chi connectivity index (χ0n) is 13.6. The van der Waals surface area contributed by atoms with E-state index in [1.807, 2.05) is 42.6 Å². The molecular formula is C18H16N2O3S2. The molecule has 0 spiro atoms. The highest BCUT2D eigenvalue weighted by Crippen LogP contribution is 2.34. The maximum Gasteiger partial charge on any atom is 0.319 e. The molecule has 25 heavy (non-hydrogen) atoms. The Morgan fingerprint density at radius 1 is 1.32 bits per heavy atom. The summed E-state index contributed by atoms with van der Waals surface area (Å²) in [6, 6.07) is 9.86. The number of thioether (sulfide) groups is 1. The van der Waals surface area contributed by atoms with Gasteiger partial charge < -0.3 is 4.74 Å². The number of aromatic nitrogens is 2. The second-order valence-electron chi connectivity index (χ2n) is 5.70. The van der Waals surface area contributed by atoms with E-state index in [9.17, 15) is 9.59 Å². The standard InChI is InChI=1S/C18H16N2O3S2/c1-2-20-16(21)14-12(11-6-4-3-5-7-11)10-24-15(14)19-18(20)25-13-8-9-23-17(13)22/h3-7,10,13H,2,8-9H2,1H3/t13-/m0/s1. The lowest BCUT2D eigenvalue weighted by molar-refractivity contribution is -0.137. The van der Waals surface area contributed by atoms with Crippen LogP contribution in [0.25, 0.3) is 21.3 Å². The Labute approximate surface area is 152 Å². The average Bonchev–Trinajstić information content (AvgIpc) is 3.23. The molecule has 3 heterocycles. The molecule has 4 rings (SSSR count). The first-order valence-electron chi connectivity index (χ1n) is 8.09. The Hall–Kier alpha value is -2.12. The largest absolute Gasteiger partial charge is 0.465 e. The fourth-order valence-corrected chi connectivity index (χ4v) is 5.03. The van der Waals surface area contributed by atoms with E-state index in [1.54, 1.807) is 4.57 Å². The quantitative estimate of drug-likeness (QED) is 0.518. The van der Waals surface area contributed by atoms with Crippen LogP contribution in [0.3, 0.4) is 0 Å². The highest BCUT2D eigenvalue weighted by atomic mass is 32.2. The van der Waals surface area contributed by atoms with Gasteiger partial charge in [-0.3, -0.25) is 14.2 Å². The summed E-state index contributed by atoms with van der Waals surface area (Å²) in [7, 11) is 0. The summed E-state index contributed by atoms with van der Waals surface area (Å²) in [4.78, 5) is 30.2. The number of hydrogen-bond donors (Lipinski definition) is 0. The van der Waals surface area contributed by atoms with Gasteiger partial charge in [0.2, 0.25) is 0 Å². The zero-order chi connectivity index (χ0) is 17.4. The first kappa shape index (κ1) is 16.4. The summed E-state index contributed by atoms with van der Waals surface area (Å²) >= 11 is 2.79. The van der Waals surface area contributed by atoms with Gasteiger partial charge in [-0.25, -0.2) is 4.98 Å². The molecule has 128 valence electrons. The number of fused-ring (bicyclic) bond motifs is 1. The van der Waals surface area contributed by atoms with Gasteiger partial charge >= 0.3 is 5.97 Å².